The zero-order valence-corrected chi connectivity index (χ0v) is 23.5. The van der Waals surface area contributed by atoms with Gasteiger partial charge in [-0.1, -0.05) is 18.6 Å². The number of fused-ring (bicyclic) bond motifs is 1. The molecule has 1 aromatic carbocycles. The van der Waals surface area contributed by atoms with Crippen molar-refractivity contribution < 1.29 is 14.3 Å². The molecular formula is C30H40N6O3. The number of hydrogen-bond acceptors (Lipinski definition) is 7. The first-order chi connectivity index (χ1) is 18.8. The van der Waals surface area contributed by atoms with Crippen molar-refractivity contribution in [2.24, 2.45) is 0 Å². The Balaban J connectivity index is 1.25. The van der Waals surface area contributed by atoms with Crippen molar-refractivity contribution in [1.82, 2.24) is 24.6 Å². The van der Waals surface area contributed by atoms with Gasteiger partial charge in [-0.25, -0.2) is 9.97 Å². The van der Waals surface area contributed by atoms with Crippen LogP contribution in [0.2, 0.25) is 0 Å². The van der Waals surface area contributed by atoms with Gasteiger partial charge in [-0.15, -0.1) is 0 Å². The summed E-state index contributed by atoms with van der Waals surface area (Å²) >= 11 is 0. The Hall–Kier alpha value is -3.30. The number of aryl methyl sites for hydroxylation is 1. The van der Waals surface area contributed by atoms with Crippen LogP contribution in [0.3, 0.4) is 0 Å². The number of aromatic nitrogens is 4. The average Bonchev–Trinajstić information content (AvgIpc) is 3.23. The summed E-state index contributed by atoms with van der Waals surface area (Å²) in [6.07, 6.45) is 10.5. The van der Waals surface area contributed by atoms with Gasteiger partial charge in [0.05, 0.1) is 42.4 Å². The number of nitrogens with one attached hydrogen (secondary N) is 1. The lowest BCUT2D eigenvalue weighted by atomic mass is 9.88. The van der Waals surface area contributed by atoms with Gasteiger partial charge in [0.2, 0.25) is 11.9 Å². The summed E-state index contributed by atoms with van der Waals surface area (Å²) in [5.74, 6) is 1.02. The summed E-state index contributed by atoms with van der Waals surface area (Å²) in [4.78, 5) is 24.2. The van der Waals surface area contributed by atoms with Crippen LogP contribution in [0.25, 0.3) is 11.3 Å². The number of hydrogen-bond donors (Lipinski definition) is 1. The minimum absolute atomic E-state index is 0.150. The first-order valence-electron chi connectivity index (χ1n) is 14.0. The Morgan fingerprint density at radius 3 is 2.82 bits per heavy atom. The molecule has 0 spiro atoms. The third-order valence-corrected chi connectivity index (χ3v) is 7.34. The van der Waals surface area contributed by atoms with Gasteiger partial charge in [0.1, 0.15) is 0 Å². The summed E-state index contributed by atoms with van der Waals surface area (Å²) in [6.45, 7) is 8.88. The fourth-order valence-corrected chi connectivity index (χ4v) is 5.45. The molecule has 0 radical (unpaired) electrons. The van der Waals surface area contributed by atoms with Crippen molar-refractivity contribution in [3.8, 4) is 11.3 Å². The number of anilines is 2. The zero-order valence-electron chi connectivity index (χ0n) is 23.5. The maximum atomic E-state index is 13.1. The summed E-state index contributed by atoms with van der Waals surface area (Å²) in [5, 5.41) is 7.59. The van der Waals surface area contributed by atoms with Crippen LogP contribution in [0.5, 0.6) is 0 Å². The highest BCUT2D eigenvalue weighted by Crippen LogP contribution is 2.36. The van der Waals surface area contributed by atoms with Crippen LogP contribution < -0.4 is 5.32 Å². The standard InChI is InChI=1S/C30H40N6O3/c1-30(2,3)39-25-19-35(20-25)28(37)16-22-8-6-5-7-21-15-23(9-10-26(21)22)27-11-12-31-29(34-27)33-24-17-32-36(18-24)13-14-38-4/h9-12,15,17-18,22,25H,5-8,13-14,16,19-20H2,1-4H3,(H,31,33,34)/t22-/m0/s1. The maximum Gasteiger partial charge on any atom is 0.227 e. The van der Waals surface area contributed by atoms with E-state index in [1.54, 1.807) is 19.5 Å². The minimum atomic E-state index is -0.175. The van der Waals surface area contributed by atoms with E-state index in [-0.39, 0.29) is 23.5 Å². The number of benzene rings is 1. The van der Waals surface area contributed by atoms with Gasteiger partial charge >= 0.3 is 0 Å². The average molecular weight is 533 g/mol. The Labute approximate surface area is 230 Å². The van der Waals surface area contributed by atoms with Crippen LogP contribution in [-0.4, -0.2) is 69.1 Å². The Morgan fingerprint density at radius 1 is 1.18 bits per heavy atom. The van der Waals surface area contributed by atoms with Crippen molar-refractivity contribution >= 4 is 17.5 Å². The van der Waals surface area contributed by atoms with Crippen molar-refractivity contribution in [1.29, 1.82) is 0 Å². The number of carbonyl (C=O) groups excluding carboxylic acids is 1. The summed E-state index contributed by atoms with van der Waals surface area (Å²) in [5.41, 5.74) is 5.22. The van der Waals surface area contributed by atoms with Crippen molar-refractivity contribution in [3.63, 3.8) is 0 Å². The normalized spacial score (nSPS) is 17.8. The number of rotatable bonds is 9. The highest BCUT2D eigenvalue weighted by atomic mass is 16.5. The second-order valence-electron chi connectivity index (χ2n) is 11.6. The van der Waals surface area contributed by atoms with Crippen molar-refractivity contribution in [3.05, 3.63) is 54.0 Å². The predicted molar refractivity (Wildman–Crippen MR) is 151 cm³/mol. The number of methoxy groups -OCH3 is 1. The summed E-state index contributed by atoms with van der Waals surface area (Å²) in [6, 6.07) is 8.54. The van der Waals surface area contributed by atoms with E-state index in [9.17, 15) is 4.79 Å². The van der Waals surface area contributed by atoms with Crippen LogP contribution in [0.1, 0.15) is 63.5 Å². The van der Waals surface area contributed by atoms with E-state index in [0.717, 1.165) is 42.6 Å². The lowest BCUT2D eigenvalue weighted by Crippen LogP contribution is -2.56. The Kier molecular flexibility index (Phi) is 8.28. The largest absolute Gasteiger partial charge is 0.383 e. The van der Waals surface area contributed by atoms with Gasteiger partial charge in [0, 0.05) is 44.6 Å². The molecule has 1 N–H and O–H groups in total. The molecule has 3 heterocycles. The van der Waals surface area contributed by atoms with Crippen LogP contribution >= 0.6 is 0 Å². The quantitative estimate of drug-likeness (QED) is 0.390. The Bertz CT molecular complexity index is 1280. The number of carbonyl (C=O) groups is 1. The molecule has 9 heteroatoms. The molecule has 1 fully saturated rings. The Morgan fingerprint density at radius 2 is 2.03 bits per heavy atom. The molecule has 2 aliphatic rings. The second-order valence-corrected chi connectivity index (χ2v) is 11.6. The SMILES string of the molecule is COCCn1cc(Nc2nccc(-c3ccc4c(c3)CCCC[C@H]4CC(=O)N3CC(OC(C)(C)C)C3)n2)cn1. The van der Waals surface area contributed by atoms with Crippen LogP contribution in [-0.2, 0) is 27.2 Å². The third kappa shape index (κ3) is 7.02. The first kappa shape index (κ1) is 27.3. The molecule has 5 rings (SSSR count). The summed E-state index contributed by atoms with van der Waals surface area (Å²) in [7, 11) is 1.68. The number of likely N-dealkylation sites (tertiary alicyclic amines) is 1. The van der Waals surface area contributed by atoms with E-state index >= 15 is 0 Å². The van der Waals surface area contributed by atoms with Crippen LogP contribution in [0, 0.1) is 0 Å². The lowest BCUT2D eigenvalue weighted by molar-refractivity contribution is -0.157. The highest BCUT2D eigenvalue weighted by Gasteiger charge is 2.35. The van der Waals surface area contributed by atoms with E-state index in [0.29, 0.717) is 38.6 Å². The predicted octanol–water partition coefficient (Wildman–Crippen LogP) is 4.96. The second kappa shape index (κ2) is 11.8. The van der Waals surface area contributed by atoms with Gasteiger partial charge in [0.25, 0.3) is 0 Å². The monoisotopic (exact) mass is 532 g/mol. The van der Waals surface area contributed by atoms with E-state index in [1.165, 1.54) is 11.1 Å². The molecule has 3 aromatic rings. The van der Waals surface area contributed by atoms with Crippen LogP contribution in [0.4, 0.5) is 11.6 Å². The minimum Gasteiger partial charge on any atom is -0.383 e. The molecule has 2 aromatic heterocycles. The molecule has 208 valence electrons. The molecule has 1 aliphatic carbocycles. The molecule has 1 amide bonds. The molecular weight excluding hydrogens is 492 g/mol. The topological polar surface area (TPSA) is 94.4 Å². The molecule has 0 saturated carbocycles. The van der Waals surface area contributed by atoms with E-state index < -0.39 is 0 Å². The fraction of sp³-hybridized carbons (Fsp3) is 0.533. The molecule has 9 nitrogen and oxygen atoms in total. The van der Waals surface area contributed by atoms with Gasteiger partial charge in [-0.3, -0.25) is 9.48 Å². The van der Waals surface area contributed by atoms with Gasteiger partial charge in [-0.05, 0) is 69.2 Å². The van der Waals surface area contributed by atoms with Crippen molar-refractivity contribution in [2.75, 3.05) is 32.1 Å². The molecule has 0 unspecified atom stereocenters. The maximum absolute atomic E-state index is 13.1. The zero-order chi connectivity index (χ0) is 27.4. The smallest absolute Gasteiger partial charge is 0.227 e. The van der Waals surface area contributed by atoms with Crippen LogP contribution in [0.15, 0.2) is 42.9 Å². The summed E-state index contributed by atoms with van der Waals surface area (Å²) < 4.78 is 13.0. The molecule has 0 bridgehead atoms. The van der Waals surface area contributed by atoms with Gasteiger partial charge in [0.15, 0.2) is 0 Å². The number of ether oxygens (including phenoxy) is 2. The first-order valence-corrected chi connectivity index (χ1v) is 14.0. The van der Waals surface area contributed by atoms with Crippen molar-refractivity contribution in [2.45, 2.75) is 77.0 Å². The van der Waals surface area contributed by atoms with Gasteiger partial charge in [-0.2, -0.15) is 5.10 Å². The number of amides is 1. The number of nitrogens with zero attached hydrogens (tertiary/aromatic N) is 5. The molecule has 1 saturated heterocycles. The third-order valence-electron chi connectivity index (χ3n) is 7.34. The molecule has 1 aliphatic heterocycles. The van der Waals surface area contributed by atoms with E-state index in [1.807, 2.05) is 21.8 Å². The fourth-order valence-electron chi connectivity index (χ4n) is 5.45. The van der Waals surface area contributed by atoms with E-state index in [2.05, 4.69) is 54.4 Å². The van der Waals surface area contributed by atoms with Gasteiger partial charge < -0.3 is 19.7 Å². The highest BCUT2D eigenvalue weighted by molar-refractivity contribution is 5.78. The van der Waals surface area contributed by atoms with E-state index in [4.69, 9.17) is 14.5 Å². The lowest BCUT2D eigenvalue weighted by Gasteiger charge is -2.42. The molecule has 39 heavy (non-hydrogen) atoms. The molecule has 1 atom stereocenters.